The number of carbonyl (C=O) groups is 1. The summed E-state index contributed by atoms with van der Waals surface area (Å²) in [4.78, 5) is 14.5. The van der Waals surface area contributed by atoms with Crippen molar-refractivity contribution in [3.05, 3.63) is 23.5 Å². The second kappa shape index (κ2) is 4.06. The van der Waals surface area contributed by atoms with E-state index in [0.29, 0.717) is 5.69 Å². The summed E-state index contributed by atoms with van der Waals surface area (Å²) in [6, 6.07) is 2.09. The monoisotopic (exact) mass is 196 g/mol. The van der Waals surface area contributed by atoms with E-state index in [0.717, 1.165) is 5.69 Å². The summed E-state index contributed by atoms with van der Waals surface area (Å²) in [5.74, 6) is -1.12. The summed E-state index contributed by atoms with van der Waals surface area (Å²) in [7, 11) is 0. The fourth-order valence-electron chi connectivity index (χ4n) is 1.05. The molecule has 0 amide bonds. The number of hydrogen-bond acceptors (Lipinski definition) is 4. The Bertz CT molecular complexity index is 352. The van der Waals surface area contributed by atoms with Gasteiger partial charge >= 0.3 is 5.97 Å². The van der Waals surface area contributed by atoms with Crippen molar-refractivity contribution in [2.24, 2.45) is 5.73 Å². The predicted molar refractivity (Wildman–Crippen MR) is 50.0 cm³/mol. The van der Waals surface area contributed by atoms with Crippen LogP contribution in [-0.4, -0.2) is 27.2 Å². The van der Waals surface area contributed by atoms with Gasteiger partial charge in [-0.05, 0) is 19.1 Å². The van der Waals surface area contributed by atoms with Crippen molar-refractivity contribution in [2.75, 3.05) is 0 Å². The molecule has 0 spiro atoms. The Balaban J connectivity index is 2.85. The van der Waals surface area contributed by atoms with E-state index in [9.17, 15) is 9.90 Å². The fraction of sp³-hybridized carbons (Fsp3) is 0.333. The number of pyridine rings is 1. The molecule has 0 bridgehead atoms. The van der Waals surface area contributed by atoms with Crippen LogP contribution in [0.5, 0.6) is 5.75 Å². The molecule has 5 nitrogen and oxygen atoms in total. The highest BCUT2D eigenvalue weighted by molar-refractivity contribution is 5.73. The van der Waals surface area contributed by atoms with Gasteiger partial charge in [-0.3, -0.25) is 9.78 Å². The van der Waals surface area contributed by atoms with Crippen molar-refractivity contribution in [3.8, 4) is 5.75 Å². The highest BCUT2D eigenvalue weighted by Crippen LogP contribution is 2.15. The van der Waals surface area contributed by atoms with E-state index in [1.807, 2.05) is 0 Å². The van der Waals surface area contributed by atoms with Crippen LogP contribution in [0.3, 0.4) is 0 Å². The molecule has 1 aromatic rings. The number of aromatic nitrogens is 1. The lowest BCUT2D eigenvalue weighted by atomic mass is 10.1. The molecule has 1 rings (SSSR count). The second-order valence-corrected chi connectivity index (χ2v) is 3.07. The van der Waals surface area contributed by atoms with Gasteiger partial charge in [0.15, 0.2) is 0 Å². The molecule has 1 aromatic heterocycles. The van der Waals surface area contributed by atoms with Gasteiger partial charge in [0.1, 0.15) is 11.8 Å². The number of aromatic hydroxyl groups is 1. The van der Waals surface area contributed by atoms with Crippen LogP contribution in [0, 0.1) is 6.92 Å². The number of nitrogens with zero attached hydrogens (tertiary/aromatic N) is 1. The Hall–Kier alpha value is -1.62. The van der Waals surface area contributed by atoms with E-state index >= 15 is 0 Å². The van der Waals surface area contributed by atoms with Crippen molar-refractivity contribution < 1.29 is 15.0 Å². The molecule has 0 aromatic carbocycles. The molecule has 0 saturated heterocycles. The van der Waals surface area contributed by atoms with Crippen molar-refractivity contribution in [3.63, 3.8) is 0 Å². The molecule has 76 valence electrons. The highest BCUT2D eigenvalue weighted by atomic mass is 16.4. The van der Waals surface area contributed by atoms with Crippen LogP contribution in [0.2, 0.25) is 0 Å². The number of nitrogens with two attached hydrogens (primary N) is 1. The largest absolute Gasteiger partial charge is 0.506 e. The lowest BCUT2D eigenvalue weighted by molar-refractivity contribution is -0.138. The van der Waals surface area contributed by atoms with Gasteiger partial charge in [0, 0.05) is 12.1 Å². The maximum atomic E-state index is 10.5. The molecule has 0 saturated carbocycles. The third-order valence-electron chi connectivity index (χ3n) is 1.82. The molecule has 1 unspecified atom stereocenters. The standard InChI is InChI=1S/C9H12N2O3/c1-5-2-3-8(12)7(11-5)4-6(10)9(13)14/h2-3,6,12H,4,10H2,1H3,(H,13,14). The van der Waals surface area contributed by atoms with Gasteiger partial charge in [-0.1, -0.05) is 0 Å². The molecule has 0 aliphatic rings. The molecule has 0 radical (unpaired) electrons. The Morgan fingerprint density at radius 2 is 2.29 bits per heavy atom. The summed E-state index contributed by atoms with van der Waals surface area (Å²) in [5.41, 5.74) is 6.35. The quantitative estimate of drug-likeness (QED) is 0.634. The average Bonchev–Trinajstić information content (AvgIpc) is 2.11. The third kappa shape index (κ3) is 2.43. The molecular formula is C9H12N2O3. The average molecular weight is 196 g/mol. The van der Waals surface area contributed by atoms with Gasteiger partial charge < -0.3 is 15.9 Å². The SMILES string of the molecule is Cc1ccc(O)c(CC(N)C(=O)O)n1. The minimum absolute atomic E-state index is 0.0210. The smallest absolute Gasteiger partial charge is 0.320 e. The van der Waals surface area contributed by atoms with E-state index in [1.54, 1.807) is 13.0 Å². The molecule has 14 heavy (non-hydrogen) atoms. The van der Waals surface area contributed by atoms with Crippen LogP contribution in [-0.2, 0) is 11.2 Å². The number of aliphatic carboxylic acids is 1. The Labute approximate surface area is 81.2 Å². The number of carboxylic acid groups (broad SMARTS) is 1. The summed E-state index contributed by atoms with van der Waals surface area (Å²) < 4.78 is 0. The molecule has 5 heteroatoms. The summed E-state index contributed by atoms with van der Waals surface area (Å²) in [6.45, 7) is 1.76. The second-order valence-electron chi connectivity index (χ2n) is 3.07. The van der Waals surface area contributed by atoms with Gasteiger partial charge in [-0.2, -0.15) is 0 Å². The zero-order chi connectivity index (χ0) is 10.7. The molecule has 0 aliphatic carbocycles. The fourth-order valence-corrected chi connectivity index (χ4v) is 1.05. The first kappa shape index (κ1) is 10.5. The van der Waals surface area contributed by atoms with E-state index in [2.05, 4.69) is 4.98 Å². The highest BCUT2D eigenvalue weighted by Gasteiger charge is 2.15. The van der Waals surface area contributed by atoms with Gasteiger partial charge in [-0.15, -0.1) is 0 Å². The van der Waals surface area contributed by atoms with Crippen LogP contribution >= 0.6 is 0 Å². The Kier molecular flexibility index (Phi) is 3.03. The van der Waals surface area contributed by atoms with Gasteiger partial charge in [0.25, 0.3) is 0 Å². The lowest BCUT2D eigenvalue weighted by Crippen LogP contribution is -2.32. The van der Waals surface area contributed by atoms with Crippen LogP contribution in [0.25, 0.3) is 0 Å². The van der Waals surface area contributed by atoms with Crippen LogP contribution in [0.15, 0.2) is 12.1 Å². The first-order chi connectivity index (χ1) is 6.50. The summed E-state index contributed by atoms with van der Waals surface area (Å²) >= 11 is 0. The molecule has 0 aliphatic heterocycles. The number of carboxylic acids is 1. The molecule has 4 N–H and O–H groups in total. The first-order valence-corrected chi connectivity index (χ1v) is 4.14. The van der Waals surface area contributed by atoms with Crippen molar-refractivity contribution in [1.82, 2.24) is 4.98 Å². The van der Waals surface area contributed by atoms with Gasteiger partial charge in [0.05, 0.1) is 5.69 Å². The maximum Gasteiger partial charge on any atom is 0.320 e. The lowest BCUT2D eigenvalue weighted by Gasteiger charge is -2.07. The third-order valence-corrected chi connectivity index (χ3v) is 1.82. The first-order valence-electron chi connectivity index (χ1n) is 4.14. The summed E-state index contributed by atoms with van der Waals surface area (Å²) in [5, 5.41) is 17.9. The zero-order valence-electron chi connectivity index (χ0n) is 7.77. The molecule has 1 atom stereocenters. The van der Waals surface area contributed by atoms with Crippen molar-refractivity contribution in [1.29, 1.82) is 0 Å². The van der Waals surface area contributed by atoms with Crippen molar-refractivity contribution in [2.45, 2.75) is 19.4 Å². The predicted octanol–water partition coefficient (Wildman–Crippen LogP) is 0.0500. The van der Waals surface area contributed by atoms with Crippen LogP contribution in [0.4, 0.5) is 0 Å². The van der Waals surface area contributed by atoms with E-state index < -0.39 is 12.0 Å². The van der Waals surface area contributed by atoms with E-state index in [4.69, 9.17) is 10.8 Å². The molecular weight excluding hydrogens is 184 g/mol. The zero-order valence-corrected chi connectivity index (χ0v) is 7.77. The van der Waals surface area contributed by atoms with Crippen molar-refractivity contribution >= 4 is 5.97 Å². The Morgan fingerprint density at radius 1 is 1.64 bits per heavy atom. The number of rotatable bonds is 3. The van der Waals surface area contributed by atoms with Gasteiger partial charge in [-0.25, -0.2) is 0 Å². The normalized spacial score (nSPS) is 12.4. The number of hydrogen-bond donors (Lipinski definition) is 3. The van der Waals surface area contributed by atoms with Gasteiger partial charge in [0.2, 0.25) is 0 Å². The van der Waals surface area contributed by atoms with E-state index in [-0.39, 0.29) is 12.2 Å². The maximum absolute atomic E-state index is 10.5. The summed E-state index contributed by atoms with van der Waals surface area (Å²) in [6.07, 6.45) is 0.0306. The minimum atomic E-state index is -1.10. The van der Waals surface area contributed by atoms with Crippen LogP contribution < -0.4 is 5.73 Å². The molecule has 1 heterocycles. The Morgan fingerprint density at radius 3 is 2.86 bits per heavy atom. The van der Waals surface area contributed by atoms with Crippen LogP contribution in [0.1, 0.15) is 11.4 Å². The minimum Gasteiger partial charge on any atom is -0.506 e. The topological polar surface area (TPSA) is 96.4 Å². The molecule has 0 fully saturated rings. The van der Waals surface area contributed by atoms with E-state index in [1.165, 1.54) is 6.07 Å². The number of aryl methyl sites for hydroxylation is 1.